The van der Waals surface area contributed by atoms with Crippen LogP contribution >= 0.6 is 0 Å². The van der Waals surface area contributed by atoms with Crippen LogP contribution in [0.25, 0.3) is 0 Å². The Balaban J connectivity index is 1.30. The van der Waals surface area contributed by atoms with Crippen molar-refractivity contribution in [1.29, 1.82) is 0 Å². The minimum absolute atomic E-state index is 0.0348. The van der Waals surface area contributed by atoms with Crippen molar-refractivity contribution in [3.63, 3.8) is 0 Å². The molecule has 1 saturated heterocycles. The van der Waals surface area contributed by atoms with Crippen molar-refractivity contribution in [2.75, 3.05) is 13.1 Å². The monoisotopic (exact) mass is 432 g/mol. The number of pyridine rings is 1. The number of carbonyl (C=O) groups excluding carboxylic acids is 1. The van der Waals surface area contributed by atoms with Gasteiger partial charge in [-0.1, -0.05) is 5.16 Å². The zero-order valence-corrected chi connectivity index (χ0v) is 16.4. The van der Waals surface area contributed by atoms with Crippen LogP contribution in [0.4, 0.5) is 13.2 Å². The number of nitrogens with zero attached hydrogens (tertiary/aromatic N) is 4. The molecule has 0 spiro atoms. The number of rotatable bonds is 5. The van der Waals surface area contributed by atoms with Crippen molar-refractivity contribution in [2.45, 2.75) is 31.5 Å². The summed E-state index contributed by atoms with van der Waals surface area (Å²) in [5.74, 6) is 1.25. The Hall–Kier alpha value is -3.43. The Morgan fingerprint density at radius 1 is 1.16 bits per heavy atom. The average Bonchev–Trinajstić information content (AvgIpc) is 3.27. The summed E-state index contributed by atoms with van der Waals surface area (Å²) in [6.45, 7) is 1.05. The van der Waals surface area contributed by atoms with Crippen LogP contribution in [0.5, 0.6) is 5.75 Å². The van der Waals surface area contributed by atoms with Gasteiger partial charge in [0, 0.05) is 30.8 Å². The fraction of sp³-hybridized carbons (Fsp3) is 0.333. The van der Waals surface area contributed by atoms with E-state index in [4.69, 9.17) is 9.26 Å². The van der Waals surface area contributed by atoms with Gasteiger partial charge < -0.3 is 14.2 Å². The summed E-state index contributed by atoms with van der Waals surface area (Å²) in [7, 11) is 0. The number of carbonyl (C=O) groups is 1. The lowest BCUT2D eigenvalue weighted by molar-refractivity contribution is -0.137. The third-order valence-corrected chi connectivity index (χ3v) is 5.09. The first-order valence-corrected chi connectivity index (χ1v) is 9.72. The molecule has 1 fully saturated rings. The molecule has 1 aromatic carbocycles. The number of halogens is 3. The summed E-state index contributed by atoms with van der Waals surface area (Å²) in [6, 6.07) is 7.81. The molecule has 1 aliphatic rings. The summed E-state index contributed by atoms with van der Waals surface area (Å²) < 4.78 is 48.9. The lowest BCUT2D eigenvalue weighted by atomic mass is 9.95. The molecule has 4 rings (SSSR count). The standard InChI is InChI=1S/C21H19F3N4O3/c22-21(23,24)16-5-3-15(4-6-16)20(29)28-10-7-14(8-11-28)19-26-18(31-27-19)13-30-17-2-1-9-25-12-17/h1-6,9,12,14H,7-8,10-11,13H2. The first kappa shape index (κ1) is 20.8. The molecular weight excluding hydrogens is 413 g/mol. The normalized spacial score (nSPS) is 15.1. The summed E-state index contributed by atoms with van der Waals surface area (Å²) >= 11 is 0. The van der Waals surface area contributed by atoms with Crippen molar-refractivity contribution in [1.82, 2.24) is 20.0 Å². The largest absolute Gasteiger partial charge is 0.482 e. The van der Waals surface area contributed by atoms with Crippen molar-refractivity contribution in [3.8, 4) is 5.75 Å². The molecule has 3 aromatic rings. The van der Waals surface area contributed by atoms with Crippen molar-refractivity contribution in [2.24, 2.45) is 0 Å². The van der Waals surface area contributed by atoms with E-state index in [1.54, 1.807) is 29.4 Å². The van der Waals surface area contributed by atoms with Crippen LogP contribution < -0.4 is 4.74 Å². The lowest BCUT2D eigenvalue weighted by Gasteiger charge is -2.30. The van der Waals surface area contributed by atoms with E-state index in [0.717, 1.165) is 12.1 Å². The van der Waals surface area contributed by atoms with Crippen LogP contribution in [0.1, 0.15) is 46.4 Å². The van der Waals surface area contributed by atoms with Crippen LogP contribution in [0.3, 0.4) is 0 Å². The van der Waals surface area contributed by atoms with Crippen LogP contribution in [-0.2, 0) is 12.8 Å². The Bertz CT molecular complexity index is 1010. The van der Waals surface area contributed by atoms with Crippen LogP contribution in [0, 0.1) is 0 Å². The highest BCUT2D eigenvalue weighted by molar-refractivity contribution is 5.94. The number of ether oxygens (including phenoxy) is 1. The number of hydrogen-bond donors (Lipinski definition) is 0. The SMILES string of the molecule is O=C(c1ccc(C(F)(F)F)cc1)N1CCC(c2noc(COc3cccnc3)n2)CC1. The first-order chi connectivity index (χ1) is 14.9. The molecule has 1 amide bonds. The highest BCUT2D eigenvalue weighted by atomic mass is 19.4. The zero-order valence-electron chi connectivity index (χ0n) is 16.4. The van der Waals surface area contributed by atoms with Crippen molar-refractivity contribution in [3.05, 3.63) is 71.6 Å². The quantitative estimate of drug-likeness (QED) is 0.604. The van der Waals surface area contributed by atoms with E-state index in [2.05, 4.69) is 15.1 Å². The predicted molar refractivity (Wildman–Crippen MR) is 102 cm³/mol. The van der Waals surface area contributed by atoms with Gasteiger partial charge in [-0.3, -0.25) is 9.78 Å². The molecule has 0 radical (unpaired) electrons. The number of hydrogen-bond acceptors (Lipinski definition) is 6. The van der Waals surface area contributed by atoms with E-state index in [0.29, 0.717) is 43.4 Å². The average molecular weight is 432 g/mol. The van der Waals surface area contributed by atoms with Crippen molar-refractivity contribution >= 4 is 5.91 Å². The molecule has 0 bridgehead atoms. The minimum Gasteiger partial charge on any atom is -0.482 e. The molecule has 0 unspecified atom stereocenters. The van der Waals surface area contributed by atoms with Crippen LogP contribution in [-0.4, -0.2) is 39.0 Å². The summed E-state index contributed by atoms with van der Waals surface area (Å²) in [5, 5.41) is 4.02. The molecular formula is C21H19F3N4O3. The van der Waals surface area contributed by atoms with Gasteiger partial charge in [0.1, 0.15) is 5.75 Å². The third-order valence-electron chi connectivity index (χ3n) is 5.09. The van der Waals surface area contributed by atoms with Gasteiger partial charge in [0.15, 0.2) is 12.4 Å². The molecule has 10 heteroatoms. The molecule has 0 aliphatic carbocycles. The van der Waals surface area contributed by atoms with Gasteiger partial charge >= 0.3 is 6.18 Å². The fourth-order valence-electron chi connectivity index (χ4n) is 3.40. The highest BCUT2D eigenvalue weighted by Gasteiger charge is 2.31. The third kappa shape index (κ3) is 5.01. The second-order valence-corrected chi connectivity index (χ2v) is 7.17. The number of likely N-dealkylation sites (tertiary alicyclic amines) is 1. The van der Waals surface area contributed by atoms with E-state index in [1.807, 2.05) is 0 Å². The maximum Gasteiger partial charge on any atom is 0.416 e. The molecule has 0 atom stereocenters. The van der Waals surface area contributed by atoms with Crippen LogP contribution in [0.15, 0.2) is 53.3 Å². The number of aromatic nitrogens is 3. The molecule has 0 N–H and O–H groups in total. The molecule has 2 aromatic heterocycles. The number of benzene rings is 1. The number of alkyl halides is 3. The molecule has 3 heterocycles. The van der Waals surface area contributed by atoms with E-state index < -0.39 is 11.7 Å². The Morgan fingerprint density at radius 2 is 1.90 bits per heavy atom. The Kier molecular flexibility index (Phi) is 5.88. The van der Waals surface area contributed by atoms with Gasteiger partial charge in [-0.25, -0.2) is 0 Å². The van der Waals surface area contributed by atoms with Crippen molar-refractivity contribution < 1.29 is 27.2 Å². The number of piperidine rings is 1. The van der Waals surface area contributed by atoms with Gasteiger partial charge in [0.05, 0.1) is 11.8 Å². The summed E-state index contributed by atoms with van der Waals surface area (Å²) in [5.41, 5.74) is -0.538. The van der Waals surface area contributed by atoms with Gasteiger partial charge in [-0.15, -0.1) is 0 Å². The molecule has 162 valence electrons. The Labute approximate surface area is 175 Å². The minimum atomic E-state index is -4.42. The van der Waals surface area contributed by atoms with Gasteiger partial charge in [-0.05, 0) is 49.2 Å². The fourth-order valence-corrected chi connectivity index (χ4v) is 3.40. The van der Waals surface area contributed by atoms with Crippen LogP contribution in [0.2, 0.25) is 0 Å². The molecule has 1 aliphatic heterocycles. The van der Waals surface area contributed by atoms with Gasteiger partial charge in [-0.2, -0.15) is 18.2 Å². The zero-order chi connectivity index (χ0) is 21.8. The first-order valence-electron chi connectivity index (χ1n) is 9.72. The summed E-state index contributed by atoms with van der Waals surface area (Å²) in [4.78, 5) is 22.6. The van der Waals surface area contributed by atoms with E-state index in [-0.39, 0.29) is 24.0 Å². The predicted octanol–water partition coefficient (Wildman–Crippen LogP) is 4.08. The maximum absolute atomic E-state index is 12.7. The molecule has 31 heavy (non-hydrogen) atoms. The topological polar surface area (TPSA) is 81.4 Å². The highest BCUT2D eigenvalue weighted by Crippen LogP contribution is 2.30. The lowest BCUT2D eigenvalue weighted by Crippen LogP contribution is -2.38. The van der Waals surface area contributed by atoms with Gasteiger partial charge in [0.2, 0.25) is 0 Å². The van der Waals surface area contributed by atoms with E-state index in [1.165, 1.54) is 12.1 Å². The second-order valence-electron chi connectivity index (χ2n) is 7.17. The Morgan fingerprint density at radius 3 is 2.55 bits per heavy atom. The van der Waals surface area contributed by atoms with Gasteiger partial charge in [0.25, 0.3) is 11.8 Å². The molecule has 0 saturated carbocycles. The van der Waals surface area contributed by atoms with E-state index in [9.17, 15) is 18.0 Å². The van der Waals surface area contributed by atoms with E-state index >= 15 is 0 Å². The smallest absolute Gasteiger partial charge is 0.416 e. The number of amides is 1. The maximum atomic E-state index is 12.7. The summed E-state index contributed by atoms with van der Waals surface area (Å²) in [6.07, 6.45) is 0.0724. The molecule has 7 nitrogen and oxygen atoms in total. The second kappa shape index (κ2) is 8.75.